The molecule has 2 aromatic heterocycles. The molecule has 2 rings (SSSR count). The van der Waals surface area contributed by atoms with Crippen LogP contribution in [0.5, 0.6) is 0 Å². The van der Waals surface area contributed by atoms with Crippen LogP contribution < -0.4 is 4.87 Å². The molecule has 0 aliphatic carbocycles. The molecule has 0 saturated heterocycles. The van der Waals surface area contributed by atoms with Crippen molar-refractivity contribution in [3.8, 4) is 11.4 Å². The minimum absolute atomic E-state index is 0.0680. The Kier molecular flexibility index (Phi) is 3.10. The molecule has 0 saturated carbocycles. The number of carboxylic acid groups (broad SMARTS) is 1. The van der Waals surface area contributed by atoms with Crippen molar-refractivity contribution in [3.05, 3.63) is 27.3 Å². The van der Waals surface area contributed by atoms with Gasteiger partial charge in [0.15, 0.2) is 0 Å². The van der Waals surface area contributed by atoms with Crippen LogP contribution in [0.2, 0.25) is 0 Å². The highest BCUT2D eigenvalue weighted by molar-refractivity contribution is 7.07. The van der Waals surface area contributed by atoms with Crippen LogP contribution in [0.4, 0.5) is 0 Å². The van der Waals surface area contributed by atoms with Gasteiger partial charge >= 0.3 is 10.8 Å². The van der Waals surface area contributed by atoms with E-state index in [2.05, 4.69) is 5.10 Å². The van der Waals surface area contributed by atoms with Gasteiger partial charge in [0.05, 0.1) is 17.8 Å². The molecule has 6 nitrogen and oxygen atoms in total. The first-order valence-corrected chi connectivity index (χ1v) is 5.86. The van der Waals surface area contributed by atoms with Crippen LogP contribution in [0.25, 0.3) is 11.4 Å². The SMILES string of the molecule is Cn1nccc1-c1csc(=O)n1CCC(=O)O. The van der Waals surface area contributed by atoms with E-state index in [-0.39, 0.29) is 17.8 Å². The Balaban J connectivity index is 2.39. The Morgan fingerprint density at radius 2 is 2.29 bits per heavy atom. The molecule has 7 heteroatoms. The van der Waals surface area contributed by atoms with Gasteiger partial charge in [-0.1, -0.05) is 11.3 Å². The van der Waals surface area contributed by atoms with Gasteiger partial charge in [-0.25, -0.2) is 0 Å². The molecule has 0 amide bonds. The second-order valence-electron chi connectivity index (χ2n) is 3.52. The predicted octanol–water partition coefficient (Wildman–Crippen LogP) is 0.785. The molecular formula is C10H11N3O3S. The van der Waals surface area contributed by atoms with Crippen LogP contribution in [-0.4, -0.2) is 25.4 Å². The summed E-state index contributed by atoms with van der Waals surface area (Å²) in [5.74, 6) is -0.918. The third-order valence-corrected chi connectivity index (χ3v) is 3.18. The summed E-state index contributed by atoms with van der Waals surface area (Å²) in [6.07, 6.45) is 1.57. The number of aliphatic carboxylic acids is 1. The van der Waals surface area contributed by atoms with Crippen molar-refractivity contribution in [3.63, 3.8) is 0 Å². The number of hydrogen-bond acceptors (Lipinski definition) is 4. The van der Waals surface area contributed by atoms with Crippen molar-refractivity contribution >= 4 is 17.3 Å². The van der Waals surface area contributed by atoms with Crippen LogP contribution in [0.1, 0.15) is 6.42 Å². The predicted molar refractivity (Wildman–Crippen MR) is 63.0 cm³/mol. The molecule has 0 aliphatic rings. The van der Waals surface area contributed by atoms with Gasteiger partial charge in [0.2, 0.25) is 0 Å². The zero-order valence-electron chi connectivity index (χ0n) is 9.16. The summed E-state index contributed by atoms with van der Waals surface area (Å²) in [4.78, 5) is 22.0. The van der Waals surface area contributed by atoms with E-state index in [1.807, 2.05) is 0 Å². The largest absolute Gasteiger partial charge is 0.481 e. The van der Waals surface area contributed by atoms with Crippen LogP contribution in [0, 0.1) is 0 Å². The fourth-order valence-electron chi connectivity index (χ4n) is 1.57. The first-order valence-electron chi connectivity index (χ1n) is 4.98. The fraction of sp³-hybridized carbons (Fsp3) is 0.300. The van der Waals surface area contributed by atoms with E-state index in [4.69, 9.17) is 5.11 Å². The number of aromatic nitrogens is 3. The maximum atomic E-state index is 11.6. The van der Waals surface area contributed by atoms with Crippen molar-refractivity contribution in [2.45, 2.75) is 13.0 Å². The van der Waals surface area contributed by atoms with E-state index < -0.39 is 5.97 Å². The van der Waals surface area contributed by atoms with Gasteiger partial charge in [-0.15, -0.1) is 0 Å². The molecule has 0 aromatic carbocycles. The second kappa shape index (κ2) is 4.54. The van der Waals surface area contributed by atoms with E-state index in [9.17, 15) is 9.59 Å². The van der Waals surface area contributed by atoms with Gasteiger partial charge in [-0.3, -0.25) is 18.8 Å². The van der Waals surface area contributed by atoms with Crippen molar-refractivity contribution in [1.82, 2.24) is 14.3 Å². The molecule has 2 heterocycles. The molecular weight excluding hydrogens is 242 g/mol. The summed E-state index contributed by atoms with van der Waals surface area (Å²) in [6.45, 7) is 0.179. The number of rotatable bonds is 4. The lowest BCUT2D eigenvalue weighted by molar-refractivity contribution is -0.137. The van der Waals surface area contributed by atoms with Crippen molar-refractivity contribution in [1.29, 1.82) is 0 Å². The summed E-state index contributed by atoms with van der Waals surface area (Å²) in [5, 5.41) is 14.4. The molecule has 2 aromatic rings. The van der Waals surface area contributed by atoms with Crippen LogP contribution in [-0.2, 0) is 18.4 Å². The average molecular weight is 253 g/mol. The first kappa shape index (κ1) is 11.6. The zero-order chi connectivity index (χ0) is 12.4. The number of carboxylic acids is 1. The summed E-state index contributed by atoms with van der Waals surface area (Å²) < 4.78 is 3.12. The minimum atomic E-state index is -0.918. The molecule has 0 atom stereocenters. The summed E-state index contributed by atoms with van der Waals surface area (Å²) >= 11 is 1.06. The van der Waals surface area contributed by atoms with E-state index in [0.29, 0.717) is 5.69 Å². The van der Waals surface area contributed by atoms with Crippen LogP contribution >= 0.6 is 11.3 Å². The van der Waals surface area contributed by atoms with E-state index >= 15 is 0 Å². The van der Waals surface area contributed by atoms with Crippen molar-refractivity contribution in [2.24, 2.45) is 7.05 Å². The Bertz CT molecular complexity index is 596. The number of thiazole rings is 1. The van der Waals surface area contributed by atoms with Gasteiger partial charge in [-0.05, 0) is 6.07 Å². The van der Waals surface area contributed by atoms with Gasteiger partial charge in [-0.2, -0.15) is 5.10 Å². The molecule has 0 unspecified atom stereocenters. The lowest BCUT2D eigenvalue weighted by atomic mass is 10.3. The zero-order valence-corrected chi connectivity index (χ0v) is 9.98. The van der Waals surface area contributed by atoms with Crippen LogP contribution in [0.15, 0.2) is 22.4 Å². The van der Waals surface area contributed by atoms with Crippen molar-refractivity contribution in [2.75, 3.05) is 0 Å². The van der Waals surface area contributed by atoms with Gasteiger partial charge in [0.1, 0.15) is 0 Å². The van der Waals surface area contributed by atoms with E-state index in [0.717, 1.165) is 17.0 Å². The number of hydrogen-bond donors (Lipinski definition) is 1. The Morgan fingerprint density at radius 1 is 1.53 bits per heavy atom. The standard InChI is InChI=1S/C10H11N3O3S/c1-12-7(2-4-11-12)8-6-17-10(16)13(8)5-3-9(14)15/h2,4,6H,3,5H2,1H3,(H,14,15). The van der Waals surface area contributed by atoms with Gasteiger partial charge in [0.25, 0.3) is 0 Å². The highest BCUT2D eigenvalue weighted by atomic mass is 32.1. The number of carbonyl (C=O) groups is 1. The van der Waals surface area contributed by atoms with Gasteiger partial charge < -0.3 is 5.11 Å². The Morgan fingerprint density at radius 3 is 2.88 bits per heavy atom. The number of aryl methyl sites for hydroxylation is 1. The highest BCUT2D eigenvalue weighted by Gasteiger charge is 2.12. The quantitative estimate of drug-likeness (QED) is 0.873. The number of nitrogens with zero attached hydrogens (tertiary/aromatic N) is 3. The summed E-state index contributed by atoms with van der Waals surface area (Å²) in [5.41, 5.74) is 1.51. The molecule has 0 bridgehead atoms. The Hall–Kier alpha value is -1.89. The Labute approximate surface area is 101 Å². The molecule has 17 heavy (non-hydrogen) atoms. The summed E-state index contributed by atoms with van der Waals surface area (Å²) in [7, 11) is 1.78. The molecule has 0 fully saturated rings. The van der Waals surface area contributed by atoms with Crippen molar-refractivity contribution < 1.29 is 9.90 Å². The highest BCUT2D eigenvalue weighted by Crippen LogP contribution is 2.18. The monoisotopic (exact) mass is 253 g/mol. The lowest BCUT2D eigenvalue weighted by Crippen LogP contribution is -2.17. The molecule has 1 N–H and O–H groups in total. The fourth-order valence-corrected chi connectivity index (χ4v) is 2.35. The van der Waals surface area contributed by atoms with E-state index in [1.165, 1.54) is 4.57 Å². The molecule has 0 spiro atoms. The average Bonchev–Trinajstić information content (AvgIpc) is 2.82. The van der Waals surface area contributed by atoms with Gasteiger partial charge in [0, 0.05) is 25.2 Å². The minimum Gasteiger partial charge on any atom is -0.481 e. The second-order valence-corrected chi connectivity index (χ2v) is 4.34. The first-order chi connectivity index (χ1) is 8.09. The third kappa shape index (κ3) is 2.28. The topological polar surface area (TPSA) is 77.1 Å². The smallest absolute Gasteiger partial charge is 0.307 e. The molecule has 90 valence electrons. The molecule has 0 aliphatic heterocycles. The van der Waals surface area contributed by atoms with Crippen LogP contribution in [0.3, 0.4) is 0 Å². The lowest BCUT2D eigenvalue weighted by Gasteiger charge is -2.06. The summed E-state index contributed by atoms with van der Waals surface area (Å²) in [6, 6.07) is 1.79. The third-order valence-electron chi connectivity index (χ3n) is 2.42. The van der Waals surface area contributed by atoms with E-state index in [1.54, 1.807) is 29.4 Å². The maximum absolute atomic E-state index is 11.6. The normalized spacial score (nSPS) is 10.6. The maximum Gasteiger partial charge on any atom is 0.307 e. The molecule has 0 radical (unpaired) electrons.